The van der Waals surface area contributed by atoms with Crippen molar-refractivity contribution in [3.8, 4) is 0 Å². The molecule has 0 spiro atoms. The van der Waals surface area contributed by atoms with Crippen molar-refractivity contribution in [2.75, 3.05) is 6.26 Å². The minimum absolute atomic E-state index is 0.00697. The van der Waals surface area contributed by atoms with Gasteiger partial charge >= 0.3 is 0 Å². The van der Waals surface area contributed by atoms with E-state index >= 15 is 0 Å². The van der Waals surface area contributed by atoms with Crippen LogP contribution >= 0.6 is 11.6 Å². The summed E-state index contributed by atoms with van der Waals surface area (Å²) < 4.78 is 23.1. The first-order valence-corrected chi connectivity index (χ1v) is 8.21. The number of aromatic nitrogens is 3. The number of amides is 1. The van der Waals surface area contributed by atoms with Crippen molar-refractivity contribution >= 4 is 27.3 Å². The number of carbonyl (C=O) groups excluding carboxylic acids is 1. The van der Waals surface area contributed by atoms with Crippen LogP contribution in [0.1, 0.15) is 29.1 Å². The van der Waals surface area contributed by atoms with E-state index in [1.165, 1.54) is 24.5 Å². The van der Waals surface area contributed by atoms with Crippen LogP contribution in [0.25, 0.3) is 0 Å². The number of nitrogens with zero attached hydrogens (tertiary/aromatic N) is 2. The molecule has 2 rings (SSSR count). The third-order valence-electron chi connectivity index (χ3n) is 2.75. The average Bonchev–Trinajstić information content (AvgIpc) is 2.90. The minimum atomic E-state index is -3.45. The smallest absolute Gasteiger partial charge is 0.251 e. The topological polar surface area (TPSA) is 105 Å². The van der Waals surface area contributed by atoms with Gasteiger partial charge in [0.15, 0.2) is 9.84 Å². The molecule has 0 bridgehead atoms. The Labute approximate surface area is 126 Å². The first-order valence-electron chi connectivity index (χ1n) is 5.94. The van der Waals surface area contributed by atoms with E-state index < -0.39 is 21.8 Å². The number of H-pyrrole nitrogens is 1. The summed E-state index contributed by atoms with van der Waals surface area (Å²) in [6.07, 6.45) is 2.39. The predicted molar refractivity (Wildman–Crippen MR) is 76.8 cm³/mol. The maximum atomic E-state index is 12.2. The summed E-state index contributed by atoms with van der Waals surface area (Å²) in [6, 6.07) is 3.58. The van der Waals surface area contributed by atoms with Gasteiger partial charge in [-0.1, -0.05) is 11.6 Å². The summed E-state index contributed by atoms with van der Waals surface area (Å²) in [5.41, 5.74) is 0.161. The molecule has 0 unspecified atom stereocenters. The molecule has 1 amide bonds. The first kappa shape index (κ1) is 15.5. The molecule has 1 aromatic carbocycles. The van der Waals surface area contributed by atoms with Gasteiger partial charge in [-0.2, -0.15) is 5.10 Å². The second-order valence-electron chi connectivity index (χ2n) is 4.51. The molecule has 0 aliphatic rings. The summed E-state index contributed by atoms with van der Waals surface area (Å²) in [5, 5.41) is 9.19. The molecule has 0 saturated carbocycles. The van der Waals surface area contributed by atoms with Crippen LogP contribution in [0.15, 0.2) is 29.4 Å². The Hall–Kier alpha value is -1.93. The van der Waals surface area contributed by atoms with Crippen molar-refractivity contribution in [3.05, 3.63) is 40.9 Å². The Bertz CT molecular complexity index is 759. The molecule has 2 N–H and O–H groups in total. The SMILES string of the molecule is C[C@H](NC(=O)c1cc(Cl)cc(S(C)(=O)=O)c1)c1ncn[nH]1. The lowest BCUT2D eigenvalue weighted by Gasteiger charge is -2.12. The highest BCUT2D eigenvalue weighted by Gasteiger charge is 2.17. The minimum Gasteiger partial charge on any atom is -0.342 e. The summed E-state index contributed by atoms with van der Waals surface area (Å²) in [7, 11) is -3.45. The largest absolute Gasteiger partial charge is 0.342 e. The lowest BCUT2D eigenvalue weighted by molar-refractivity contribution is 0.0938. The van der Waals surface area contributed by atoms with Gasteiger partial charge in [-0.05, 0) is 25.1 Å². The van der Waals surface area contributed by atoms with Crippen LogP contribution in [0, 0.1) is 0 Å². The van der Waals surface area contributed by atoms with Gasteiger partial charge in [0.1, 0.15) is 12.2 Å². The number of hydrogen-bond donors (Lipinski definition) is 2. The molecule has 1 atom stereocenters. The lowest BCUT2D eigenvalue weighted by Crippen LogP contribution is -2.27. The Kier molecular flexibility index (Phi) is 4.29. The van der Waals surface area contributed by atoms with Crippen LogP contribution in [0.2, 0.25) is 5.02 Å². The zero-order valence-corrected chi connectivity index (χ0v) is 12.9. The zero-order chi connectivity index (χ0) is 15.6. The monoisotopic (exact) mass is 328 g/mol. The quantitative estimate of drug-likeness (QED) is 0.881. The number of hydrogen-bond acceptors (Lipinski definition) is 5. The third kappa shape index (κ3) is 3.79. The van der Waals surface area contributed by atoms with Gasteiger partial charge in [-0.15, -0.1) is 0 Å². The third-order valence-corrected chi connectivity index (χ3v) is 4.06. The second kappa shape index (κ2) is 5.82. The molecule has 0 aliphatic heterocycles. The van der Waals surface area contributed by atoms with Crippen molar-refractivity contribution in [2.45, 2.75) is 17.9 Å². The molecule has 0 aliphatic carbocycles. The average molecular weight is 329 g/mol. The molecule has 112 valence electrons. The molecule has 7 nitrogen and oxygen atoms in total. The Morgan fingerprint density at radius 3 is 2.67 bits per heavy atom. The van der Waals surface area contributed by atoms with Crippen LogP contribution in [-0.2, 0) is 9.84 Å². The fraction of sp³-hybridized carbons (Fsp3) is 0.250. The number of sulfone groups is 1. The van der Waals surface area contributed by atoms with E-state index in [2.05, 4.69) is 20.5 Å². The normalized spacial score (nSPS) is 12.9. The van der Waals surface area contributed by atoms with Gasteiger partial charge in [0.2, 0.25) is 0 Å². The van der Waals surface area contributed by atoms with Crippen molar-refractivity contribution in [1.29, 1.82) is 0 Å². The highest BCUT2D eigenvalue weighted by Crippen LogP contribution is 2.19. The van der Waals surface area contributed by atoms with Crippen LogP contribution < -0.4 is 5.32 Å². The second-order valence-corrected chi connectivity index (χ2v) is 6.97. The van der Waals surface area contributed by atoms with E-state index in [9.17, 15) is 13.2 Å². The molecule has 0 fully saturated rings. The van der Waals surface area contributed by atoms with Gasteiger partial charge in [0, 0.05) is 16.8 Å². The predicted octanol–water partition coefficient (Wildman–Crippen LogP) is 1.35. The summed E-state index contributed by atoms with van der Waals surface area (Å²) in [5.74, 6) is 0.0417. The fourth-order valence-corrected chi connectivity index (χ4v) is 2.66. The van der Waals surface area contributed by atoms with Gasteiger partial charge in [0.05, 0.1) is 10.9 Å². The molecule has 9 heteroatoms. The standard InChI is InChI=1S/C12H13ClN4O3S/c1-7(11-14-6-15-17-11)16-12(18)8-3-9(13)5-10(4-8)21(2,19)20/h3-7H,1-2H3,(H,16,18)(H,14,15,17)/t7-/m0/s1. The molecule has 0 radical (unpaired) electrons. The molecular weight excluding hydrogens is 316 g/mol. The molecular formula is C12H13ClN4O3S. The summed E-state index contributed by atoms with van der Waals surface area (Å²) >= 11 is 5.86. The number of rotatable bonds is 4. The number of carbonyl (C=O) groups is 1. The van der Waals surface area contributed by atoms with E-state index in [0.29, 0.717) is 5.82 Å². The molecule has 2 aromatic rings. The summed E-state index contributed by atoms with van der Waals surface area (Å²) in [6.45, 7) is 1.72. The molecule has 1 heterocycles. The molecule has 1 aromatic heterocycles. The van der Waals surface area contributed by atoms with Crippen LogP contribution in [0.4, 0.5) is 0 Å². The van der Waals surface area contributed by atoms with E-state index in [1.807, 2.05) is 0 Å². The van der Waals surface area contributed by atoms with Crippen LogP contribution in [0.5, 0.6) is 0 Å². The van der Waals surface area contributed by atoms with Crippen LogP contribution in [0.3, 0.4) is 0 Å². The fourth-order valence-electron chi connectivity index (χ4n) is 1.68. The Morgan fingerprint density at radius 2 is 2.10 bits per heavy atom. The van der Waals surface area contributed by atoms with Crippen LogP contribution in [-0.4, -0.2) is 35.8 Å². The Balaban J connectivity index is 2.25. The van der Waals surface area contributed by atoms with Crippen molar-refractivity contribution in [2.24, 2.45) is 0 Å². The van der Waals surface area contributed by atoms with E-state index in [4.69, 9.17) is 11.6 Å². The number of aromatic amines is 1. The zero-order valence-electron chi connectivity index (χ0n) is 11.3. The highest BCUT2D eigenvalue weighted by molar-refractivity contribution is 7.90. The maximum Gasteiger partial charge on any atom is 0.251 e. The van der Waals surface area contributed by atoms with E-state index in [-0.39, 0.29) is 15.5 Å². The summed E-state index contributed by atoms with van der Waals surface area (Å²) in [4.78, 5) is 16.1. The number of halogens is 1. The molecule has 21 heavy (non-hydrogen) atoms. The van der Waals surface area contributed by atoms with E-state index in [1.54, 1.807) is 6.92 Å². The van der Waals surface area contributed by atoms with E-state index in [0.717, 1.165) is 6.26 Å². The number of nitrogens with one attached hydrogen (secondary N) is 2. The molecule has 0 saturated heterocycles. The highest BCUT2D eigenvalue weighted by atomic mass is 35.5. The number of benzene rings is 1. The van der Waals surface area contributed by atoms with Crippen molar-refractivity contribution < 1.29 is 13.2 Å². The maximum absolute atomic E-state index is 12.2. The van der Waals surface area contributed by atoms with Crippen molar-refractivity contribution in [3.63, 3.8) is 0 Å². The lowest BCUT2D eigenvalue weighted by atomic mass is 10.2. The van der Waals surface area contributed by atoms with Gasteiger partial charge in [0.25, 0.3) is 5.91 Å². The van der Waals surface area contributed by atoms with Gasteiger partial charge in [-0.25, -0.2) is 13.4 Å². The van der Waals surface area contributed by atoms with Gasteiger partial charge in [-0.3, -0.25) is 9.89 Å². The van der Waals surface area contributed by atoms with Crippen molar-refractivity contribution in [1.82, 2.24) is 20.5 Å². The first-order chi connectivity index (χ1) is 9.77. The van der Waals surface area contributed by atoms with Gasteiger partial charge < -0.3 is 5.32 Å². The Morgan fingerprint density at radius 1 is 1.38 bits per heavy atom.